The average molecular weight is 447 g/mol. The van der Waals surface area contributed by atoms with Crippen molar-refractivity contribution in [3.05, 3.63) is 83.1 Å². The van der Waals surface area contributed by atoms with E-state index < -0.39 is 0 Å². The molecule has 1 saturated carbocycles. The molecule has 3 heteroatoms. The molecule has 0 unspecified atom stereocenters. The molecule has 0 atom stereocenters. The molecule has 174 valence electrons. The van der Waals surface area contributed by atoms with Gasteiger partial charge in [0.25, 0.3) is 0 Å². The Morgan fingerprint density at radius 1 is 0.788 bits per heavy atom. The van der Waals surface area contributed by atoms with Crippen molar-refractivity contribution in [1.82, 2.24) is 0 Å². The van der Waals surface area contributed by atoms with Gasteiger partial charge >= 0.3 is 0 Å². The predicted molar refractivity (Wildman–Crippen MR) is 131 cm³/mol. The maximum atomic E-state index is 14.5. The van der Waals surface area contributed by atoms with Gasteiger partial charge in [-0.1, -0.05) is 75.5 Å². The van der Waals surface area contributed by atoms with Crippen molar-refractivity contribution in [1.29, 1.82) is 0 Å². The lowest BCUT2D eigenvalue weighted by atomic mass is 9.78. The van der Waals surface area contributed by atoms with Crippen LogP contribution < -0.4 is 0 Å². The molecule has 2 aliphatic rings. The fourth-order valence-corrected chi connectivity index (χ4v) is 4.99. The Hall–Kier alpha value is -2.73. The highest BCUT2D eigenvalue weighted by Crippen LogP contribution is 2.33. The van der Waals surface area contributed by atoms with Crippen LogP contribution in [0.15, 0.2) is 55.0 Å². The van der Waals surface area contributed by atoms with Gasteiger partial charge in [-0.2, -0.15) is 0 Å². The monoisotopic (exact) mass is 446 g/mol. The van der Waals surface area contributed by atoms with Crippen molar-refractivity contribution < 1.29 is 13.9 Å². The van der Waals surface area contributed by atoms with Crippen LogP contribution in [-0.4, -0.2) is 6.29 Å². The number of aryl methyl sites for hydroxylation is 2. The lowest BCUT2D eigenvalue weighted by Crippen LogP contribution is -2.15. The Kier molecular flexibility index (Phi) is 8.47. The van der Waals surface area contributed by atoms with Gasteiger partial charge in [-0.3, -0.25) is 0 Å². The van der Waals surface area contributed by atoms with Crippen molar-refractivity contribution in [3.63, 3.8) is 0 Å². The first-order valence-corrected chi connectivity index (χ1v) is 12.5. The van der Waals surface area contributed by atoms with Crippen LogP contribution >= 0.6 is 0 Å². The molecule has 33 heavy (non-hydrogen) atoms. The minimum Gasteiger partial charge on any atom is -0.459 e. The zero-order valence-corrected chi connectivity index (χ0v) is 19.7. The first kappa shape index (κ1) is 23.4. The van der Waals surface area contributed by atoms with Gasteiger partial charge in [-0.15, -0.1) is 0 Å². The zero-order valence-electron chi connectivity index (χ0n) is 19.7. The van der Waals surface area contributed by atoms with E-state index >= 15 is 0 Å². The lowest BCUT2D eigenvalue weighted by Gasteiger charge is -2.28. The maximum absolute atomic E-state index is 14.5. The largest absolute Gasteiger partial charge is 0.459 e. The molecule has 0 aromatic heterocycles. The zero-order chi connectivity index (χ0) is 22.9. The Morgan fingerprint density at radius 3 is 2.09 bits per heavy atom. The van der Waals surface area contributed by atoms with E-state index in [0.717, 1.165) is 29.4 Å². The van der Waals surface area contributed by atoms with Crippen LogP contribution in [0, 0.1) is 29.5 Å². The number of hydrogen-bond acceptors (Lipinski definition) is 2. The molecule has 0 spiro atoms. The van der Waals surface area contributed by atoms with Gasteiger partial charge in [0.1, 0.15) is 18.3 Å². The highest BCUT2D eigenvalue weighted by molar-refractivity contribution is 5.44. The molecular weight excluding hydrogens is 411 g/mol. The molecule has 4 rings (SSSR count). The number of ether oxygens (including phenoxy) is 2. The van der Waals surface area contributed by atoms with Crippen molar-refractivity contribution in [2.24, 2.45) is 11.8 Å². The summed E-state index contributed by atoms with van der Waals surface area (Å²) in [7, 11) is 0. The Morgan fingerprint density at radius 2 is 1.42 bits per heavy atom. The van der Waals surface area contributed by atoms with E-state index in [2.05, 4.69) is 43.0 Å². The van der Waals surface area contributed by atoms with Crippen molar-refractivity contribution in [2.45, 2.75) is 77.4 Å². The molecule has 0 saturated heterocycles. The molecule has 0 radical (unpaired) electrons. The van der Waals surface area contributed by atoms with Crippen LogP contribution in [0.3, 0.4) is 0 Å². The van der Waals surface area contributed by atoms with E-state index in [-0.39, 0.29) is 12.1 Å². The topological polar surface area (TPSA) is 18.5 Å². The molecule has 0 amide bonds. The minimum atomic E-state index is -0.281. The van der Waals surface area contributed by atoms with Crippen LogP contribution in [0.4, 0.5) is 4.39 Å². The Bertz CT molecular complexity index is 967. The van der Waals surface area contributed by atoms with Gasteiger partial charge in [-0.05, 0) is 66.5 Å². The molecule has 1 fully saturated rings. The second kappa shape index (κ2) is 11.9. The van der Waals surface area contributed by atoms with E-state index in [0.29, 0.717) is 18.4 Å². The summed E-state index contributed by atoms with van der Waals surface area (Å²) in [5.41, 5.74) is 3.64. The third-order valence-corrected chi connectivity index (χ3v) is 7.02. The second-order valence-electron chi connectivity index (χ2n) is 9.49. The summed E-state index contributed by atoms with van der Waals surface area (Å²) in [4.78, 5) is 0. The van der Waals surface area contributed by atoms with Crippen molar-refractivity contribution in [2.75, 3.05) is 0 Å². The second-order valence-corrected chi connectivity index (χ2v) is 9.49. The quantitative estimate of drug-likeness (QED) is 0.390. The minimum absolute atomic E-state index is 0.267. The first-order valence-electron chi connectivity index (χ1n) is 12.5. The van der Waals surface area contributed by atoms with Crippen LogP contribution in [0.2, 0.25) is 0 Å². The van der Waals surface area contributed by atoms with Crippen molar-refractivity contribution in [3.8, 4) is 11.8 Å². The van der Waals surface area contributed by atoms with Crippen LogP contribution in [0.1, 0.15) is 80.5 Å². The molecular formula is C30H35FO2. The smallest absolute Gasteiger partial charge is 0.240 e. The molecule has 0 bridgehead atoms. The summed E-state index contributed by atoms with van der Waals surface area (Å²) >= 11 is 0. The number of halogens is 1. The van der Waals surface area contributed by atoms with Gasteiger partial charge in [0.05, 0.1) is 5.56 Å². The molecule has 1 aliphatic carbocycles. The van der Waals surface area contributed by atoms with E-state index in [1.54, 1.807) is 12.1 Å². The van der Waals surface area contributed by atoms with Gasteiger partial charge in [0, 0.05) is 12.0 Å². The van der Waals surface area contributed by atoms with E-state index in [1.165, 1.54) is 63.0 Å². The van der Waals surface area contributed by atoms with E-state index in [1.807, 2.05) is 6.07 Å². The number of rotatable bonds is 8. The van der Waals surface area contributed by atoms with Gasteiger partial charge < -0.3 is 9.47 Å². The molecule has 1 aliphatic heterocycles. The summed E-state index contributed by atoms with van der Waals surface area (Å²) in [5.74, 6) is 7.68. The molecule has 2 nitrogen and oxygen atoms in total. The number of hydrogen-bond donors (Lipinski definition) is 0. The SMILES string of the molecule is CCCC1CCC(CCc2ccc(C#Cc3ccc(CCC4OC=CO4)cc3F)cc2)CC1. The van der Waals surface area contributed by atoms with Gasteiger partial charge in [0.15, 0.2) is 0 Å². The third-order valence-electron chi connectivity index (χ3n) is 7.02. The van der Waals surface area contributed by atoms with Gasteiger partial charge in [0.2, 0.25) is 6.29 Å². The standard InChI is InChI=1S/C30H35FO2/c1-2-3-23-4-6-24(7-5-23)8-9-25-10-12-26(13-11-25)14-17-28-18-15-27(22-29(28)31)16-19-30-32-20-21-33-30/h10-13,15,18,20-24,30H,2-9,16,19H2,1H3. The summed E-state index contributed by atoms with van der Waals surface area (Å²) in [5, 5.41) is 0. The van der Waals surface area contributed by atoms with Gasteiger partial charge in [-0.25, -0.2) is 4.39 Å². The third kappa shape index (κ3) is 7.13. The Labute approximate surface area is 198 Å². The number of benzene rings is 2. The summed E-state index contributed by atoms with van der Waals surface area (Å²) in [6.07, 6.45) is 15.0. The molecule has 0 N–H and O–H groups in total. The predicted octanol–water partition coefficient (Wildman–Crippen LogP) is 7.54. The fraction of sp³-hybridized carbons (Fsp3) is 0.467. The summed E-state index contributed by atoms with van der Waals surface area (Å²) in [6.45, 7) is 2.30. The first-order chi connectivity index (χ1) is 16.2. The van der Waals surface area contributed by atoms with Crippen LogP contribution in [0.25, 0.3) is 0 Å². The van der Waals surface area contributed by atoms with E-state index in [4.69, 9.17) is 9.47 Å². The van der Waals surface area contributed by atoms with Crippen LogP contribution in [-0.2, 0) is 22.3 Å². The lowest BCUT2D eigenvalue weighted by molar-refractivity contribution is -0.0275. The van der Waals surface area contributed by atoms with Crippen LogP contribution in [0.5, 0.6) is 0 Å². The Balaban J connectivity index is 1.25. The van der Waals surface area contributed by atoms with E-state index in [9.17, 15) is 4.39 Å². The average Bonchev–Trinajstić information content (AvgIpc) is 3.36. The van der Waals surface area contributed by atoms with Crippen molar-refractivity contribution >= 4 is 0 Å². The summed E-state index contributed by atoms with van der Waals surface area (Å²) in [6, 6.07) is 13.7. The highest BCUT2D eigenvalue weighted by atomic mass is 19.1. The molecule has 2 aromatic rings. The fourth-order valence-electron chi connectivity index (χ4n) is 4.99. The normalized spacial score (nSPS) is 20.1. The summed E-state index contributed by atoms with van der Waals surface area (Å²) < 4.78 is 25.0. The molecule has 1 heterocycles. The maximum Gasteiger partial charge on any atom is 0.240 e. The highest BCUT2D eigenvalue weighted by Gasteiger charge is 2.20. The molecule has 2 aromatic carbocycles.